The summed E-state index contributed by atoms with van der Waals surface area (Å²) in [6.07, 6.45) is -1.87. The molecule has 0 aliphatic rings. The van der Waals surface area contributed by atoms with Crippen LogP contribution in [0.15, 0.2) is 30.6 Å². The van der Waals surface area contributed by atoms with E-state index in [2.05, 4.69) is 10.2 Å². The Morgan fingerprint density at radius 1 is 1.12 bits per heavy atom. The number of hydrogen-bond acceptors (Lipinski definition) is 3. The highest BCUT2D eigenvalue weighted by molar-refractivity contribution is 5.52. The molecule has 0 amide bonds. The Labute approximate surface area is 88.5 Å². The van der Waals surface area contributed by atoms with E-state index in [1.807, 2.05) is 0 Å². The van der Waals surface area contributed by atoms with Crippen LogP contribution >= 0.6 is 0 Å². The number of nitrogens with two attached hydrogens (primary N) is 1. The molecule has 0 radical (unpaired) electrons. The van der Waals surface area contributed by atoms with Gasteiger partial charge in [-0.25, -0.2) is 0 Å². The van der Waals surface area contributed by atoms with E-state index in [-0.39, 0.29) is 11.4 Å². The summed E-state index contributed by atoms with van der Waals surface area (Å²) < 4.78 is 38.0. The minimum atomic E-state index is -4.46. The van der Waals surface area contributed by atoms with Crippen molar-refractivity contribution in [1.82, 2.24) is 15.0 Å². The van der Waals surface area contributed by atoms with Crippen LogP contribution in [-0.2, 0) is 6.18 Å². The monoisotopic (exact) mass is 228 g/mol. The van der Waals surface area contributed by atoms with Gasteiger partial charge in [0.25, 0.3) is 0 Å². The molecule has 2 aromatic rings. The zero-order chi connectivity index (χ0) is 11.8. The van der Waals surface area contributed by atoms with E-state index in [0.29, 0.717) is 0 Å². The Morgan fingerprint density at radius 3 is 2.31 bits per heavy atom. The van der Waals surface area contributed by atoms with Crippen molar-refractivity contribution >= 4 is 5.69 Å². The molecule has 0 aliphatic heterocycles. The van der Waals surface area contributed by atoms with Crippen molar-refractivity contribution in [2.75, 3.05) is 5.73 Å². The van der Waals surface area contributed by atoms with Crippen LogP contribution in [-0.4, -0.2) is 15.0 Å². The molecule has 1 heterocycles. The van der Waals surface area contributed by atoms with E-state index in [9.17, 15) is 13.2 Å². The zero-order valence-corrected chi connectivity index (χ0v) is 7.94. The summed E-state index contributed by atoms with van der Waals surface area (Å²) in [5, 5.41) is 7.30. The molecule has 7 heteroatoms. The van der Waals surface area contributed by atoms with Crippen molar-refractivity contribution < 1.29 is 13.2 Å². The third-order valence-electron chi connectivity index (χ3n) is 1.96. The maximum atomic E-state index is 12.7. The second-order valence-electron chi connectivity index (χ2n) is 3.09. The highest BCUT2D eigenvalue weighted by atomic mass is 19.4. The molecule has 0 aliphatic carbocycles. The Balaban J connectivity index is 2.63. The van der Waals surface area contributed by atoms with Gasteiger partial charge in [-0.3, -0.25) is 0 Å². The topological polar surface area (TPSA) is 56.7 Å². The van der Waals surface area contributed by atoms with Gasteiger partial charge in [0.1, 0.15) is 0 Å². The van der Waals surface area contributed by atoms with Crippen LogP contribution < -0.4 is 5.73 Å². The van der Waals surface area contributed by atoms with Crippen LogP contribution in [0.5, 0.6) is 0 Å². The van der Waals surface area contributed by atoms with Gasteiger partial charge in [-0.2, -0.15) is 28.2 Å². The number of anilines is 1. The van der Waals surface area contributed by atoms with Crippen molar-refractivity contribution in [3.05, 3.63) is 36.2 Å². The number of halogens is 3. The van der Waals surface area contributed by atoms with Gasteiger partial charge in [-0.1, -0.05) is 0 Å². The van der Waals surface area contributed by atoms with Gasteiger partial charge in [0.15, 0.2) is 0 Å². The maximum absolute atomic E-state index is 12.7. The molecule has 0 atom stereocenters. The minimum Gasteiger partial charge on any atom is -0.399 e. The molecule has 0 fully saturated rings. The van der Waals surface area contributed by atoms with Gasteiger partial charge in [0, 0.05) is 5.69 Å². The molecular weight excluding hydrogens is 221 g/mol. The van der Waals surface area contributed by atoms with Crippen LogP contribution in [0.2, 0.25) is 0 Å². The van der Waals surface area contributed by atoms with Gasteiger partial charge in [0.05, 0.1) is 23.6 Å². The molecule has 16 heavy (non-hydrogen) atoms. The highest BCUT2D eigenvalue weighted by Crippen LogP contribution is 2.34. The van der Waals surface area contributed by atoms with Crippen molar-refractivity contribution in [3.63, 3.8) is 0 Å². The standard InChI is InChI=1S/C9H7F3N4/c10-9(11,12)7-2-1-6(13)5-8(7)16-14-3-4-15-16/h1-5H,13H2. The molecule has 0 spiro atoms. The number of alkyl halides is 3. The Hall–Kier alpha value is -2.05. The number of rotatable bonds is 1. The van der Waals surface area contributed by atoms with Gasteiger partial charge in [0.2, 0.25) is 0 Å². The minimum absolute atomic E-state index is 0.183. The van der Waals surface area contributed by atoms with Crippen molar-refractivity contribution in [2.45, 2.75) is 6.18 Å². The smallest absolute Gasteiger partial charge is 0.399 e. The molecule has 84 valence electrons. The summed E-state index contributed by atoms with van der Waals surface area (Å²) in [6, 6.07) is 3.28. The molecule has 0 unspecified atom stereocenters. The first-order valence-corrected chi connectivity index (χ1v) is 4.32. The van der Waals surface area contributed by atoms with Gasteiger partial charge in [-0.05, 0) is 18.2 Å². The molecule has 1 aromatic heterocycles. The Kier molecular flexibility index (Phi) is 2.30. The first kappa shape index (κ1) is 10.5. The zero-order valence-electron chi connectivity index (χ0n) is 7.94. The quantitative estimate of drug-likeness (QED) is 0.758. The lowest BCUT2D eigenvalue weighted by Crippen LogP contribution is -2.12. The predicted molar refractivity (Wildman–Crippen MR) is 50.8 cm³/mol. The lowest BCUT2D eigenvalue weighted by molar-refractivity contribution is -0.137. The van der Waals surface area contributed by atoms with Crippen LogP contribution in [0.4, 0.5) is 18.9 Å². The number of hydrogen-bond donors (Lipinski definition) is 1. The van der Waals surface area contributed by atoms with Crippen molar-refractivity contribution in [3.8, 4) is 5.69 Å². The molecule has 0 saturated heterocycles. The molecular formula is C9H7F3N4. The first-order chi connectivity index (χ1) is 7.48. The lowest BCUT2D eigenvalue weighted by atomic mass is 10.1. The van der Waals surface area contributed by atoms with Crippen LogP contribution in [0.3, 0.4) is 0 Å². The molecule has 0 saturated carbocycles. The first-order valence-electron chi connectivity index (χ1n) is 4.32. The van der Waals surface area contributed by atoms with E-state index in [1.54, 1.807) is 0 Å². The summed E-state index contributed by atoms with van der Waals surface area (Å²) in [4.78, 5) is 0.888. The van der Waals surface area contributed by atoms with Gasteiger partial charge < -0.3 is 5.73 Å². The van der Waals surface area contributed by atoms with Gasteiger partial charge in [-0.15, -0.1) is 0 Å². The lowest BCUT2D eigenvalue weighted by Gasteiger charge is -2.12. The summed E-state index contributed by atoms with van der Waals surface area (Å²) in [7, 11) is 0. The highest BCUT2D eigenvalue weighted by Gasteiger charge is 2.34. The number of nitrogen functional groups attached to an aromatic ring is 1. The van der Waals surface area contributed by atoms with E-state index in [0.717, 1.165) is 10.9 Å². The Bertz CT molecular complexity index is 490. The van der Waals surface area contributed by atoms with E-state index < -0.39 is 11.7 Å². The third-order valence-corrected chi connectivity index (χ3v) is 1.96. The second-order valence-corrected chi connectivity index (χ2v) is 3.09. The maximum Gasteiger partial charge on any atom is 0.418 e. The SMILES string of the molecule is Nc1ccc(C(F)(F)F)c(-n2nccn2)c1. The van der Waals surface area contributed by atoms with E-state index in [1.165, 1.54) is 24.5 Å². The second kappa shape index (κ2) is 3.51. The normalized spacial score (nSPS) is 11.7. The number of benzene rings is 1. The van der Waals surface area contributed by atoms with E-state index >= 15 is 0 Å². The average molecular weight is 228 g/mol. The van der Waals surface area contributed by atoms with E-state index in [4.69, 9.17) is 5.73 Å². The largest absolute Gasteiger partial charge is 0.418 e. The summed E-state index contributed by atoms with van der Waals surface area (Å²) in [5.74, 6) is 0. The third kappa shape index (κ3) is 1.83. The molecule has 4 nitrogen and oxygen atoms in total. The van der Waals surface area contributed by atoms with Crippen LogP contribution in [0.25, 0.3) is 5.69 Å². The fourth-order valence-electron chi connectivity index (χ4n) is 1.29. The fraction of sp³-hybridized carbons (Fsp3) is 0.111. The molecule has 1 aromatic carbocycles. The number of nitrogens with zero attached hydrogens (tertiary/aromatic N) is 3. The van der Waals surface area contributed by atoms with Gasteiger partial charge >= 0.3 is 6.18 Å². The van der Waals surface area contributed by atoms with Crippen LogP contribution in [0, 0.1) is 0 Å². The predicted octanol–water partition coefficient (Wildman–Crippen LogP) is 1.87. The molecule has 2 N–H and O–H groups in total. The summed E-state index contributed by atoms with van der Waals surface area (Å²) in [5.41, 5.74) is 4.66. The van der Waals surface area contributed by atoms with Crippen molar-refractivity contribution in [1.29, 1.82) is 0 Å². The molecule has 0 bridgehead atoms. The Morgan fingerprint density at radius 2 is 1.75 bits per heavy atom. The summed E-state index contributed by atoms with van der Waals surface area (Å²) in [6.45, 7) is 0. The molecule has 2 rings (SSSR count). The summed E-state index contributed by atoms with van der Waals surface area (Å²) >= 11 is 0. The van der Waals surface area contributed by atoms with Crippen molar-refractivity contribution in [2.24, 2.45) is 0 Å². The van der Waals surface area contributed by atoms with Crippen LogP contribution in [0.1, 0.15) is 5.56 Å². The number of aromatic nitrogens is 3. The average Bonchev–Trinajstić information content (AvgIpc) is 2.68. The fourth-order valence-corrected chi connectivity index (χ4v) is 1.29.